The second kappa shape index (κ2) is 5.21. The minimum atomic E-state index is 0.327. The summed E-state index contributed by atoms with van der Waals surface area (Å²) in [4.78, 5) is 2.46. The molecule has 16 heavy (non-hydrogen) atoms. The topological polar surface area (TPSA) is 38.5 Å². The first-order chi connectivity index (χ1) is 7.78. The summed E-state index contributed by atoms with van der Waals surface area (Å²) in [6.45, 7) is 5.59. The van der Waals surface area contributed by atoms with Crippen LogP contribution in [0.25, 0.3) is 0 Å². The normalized spacial score (nSPS) is 21.2. The smallest absolute Gasteiger partial charge is 0.121 e. The average Bonchev–Trinajstić information content (AvgIpc) is 2.66. The van der Waals surface area contributed by atoms with E-state index in [0.29, 0.717) is 6.10 Å². The van der Waals surface area contributed by atoms with E-state index in [1.54, 1.807) is 0 Å². The van der Waals surface area contributed by atoms with Gasteiger partial charge in [-0.1, -0.05) is 13.0 Å². The average molecular weight is 220 g/mol. The van der Waals surface area contributed by atoms with Gasteiger partial charge < -0.3 is 10.5 Å². The second-order valence-corrected chi connectivity index (χ2v) is 4.40. The lowest BCUT2D eigenvalue weighted by atomic mass is 10.3. The minimum Gasteiger partial charge on any atom is -0.489 e. The second-order valence-electron chi connectivity index (χ2n) is 4.40. The van der Waals surface area contributed by atoms with Gasteiger partial charge >= 0.3 is 0 Å². The SMILES string of the molecule is CCCN1CCC(Oc2cccc(N)c2)C1. The quantitative estimate of drug-likeness (QED) is 0.790. The van der Waals surface area contributed by atoms with Crippen LogP contribution < -0.4 is 10.5 Å². The summed E-state index contributed by atoms with van der Waals surface area (Å²) in [7, 11) is 0. The number of nitrogen functional groups attached to an aromatic ring is 1. The molecule has 1 aliphatic rings. The molecule has 0 bridgehead atoms. The highest BCUT2D eigenvalue weighted by molar-refractivity contribution is 5.43. The lowest BCUT2D eigenvalue weighted by molar-refractivity contribution is 0.200. The number of hydrogen-bond acceptors (Lipinski definition) is 3. The van der Waals surface area contributed by atoms with Gasteiger partial charge in [0.15, 0.2) is 0 Å². The van der Waals surface area contributed by atoms with Gasteiger partial charge in [-0.25, -0.2) is 0 Å². The third-order valence-corrected chi connectivity index (χ3v) is 2.93. The molecule has 1 aliphatic heterocycles. The Morgan fingerprint density at radius 1 is 1.50 bits per heavy atom. The van der Waals surface area contributed by atoms with Gasteiger partial charge in [-0.05, 0) is 31.5 Å². The van der Waals surface area contributed by atoms with E-state index >= 15 is 0 Å². The Morgan fingerprint density at radius 2 is 2.38 bits per heavy atom. The van der Waals surface area contributed by atoms with Crippen molar-refractivity contribution in [2.75, 3.05) is 25.4 Å². The molecule has 0 amide bonds. The number of anilines is 1. The van der Waals surface area contributed by atoms with Crippen molar-refractivity contribution in [1.82, 2.24) is 4.90 Å². The first-order valence-corrected chi connectivity index (χ1v) is 6.02. The molecule has 1 unspecified atom stereocenters. The number of likely N-dealkylation sites (tertiary alicyclic amines) is 1. The van der Waals surface area contributed by atoms with Crippen LogP contribution in [0.2, 0.25) is 0 Å². The number of nitrogens with two attached hydrogens (primary N) is 1. The van der Waals surface area contributed by atoms with Crippen LogP contribution in [0, 0.1) is 0 Å². The van der Waals surface area contributed by atoms with E-state index in [-0.39, 0.29) is 0 Å². The number of ether oxygens (including phenoxy) is 1. The van der Waals surface area contributed by atoms with Crippen LogP contribution >= 0.6 is 0 Å². The van der Waals surface area contributed by atoms with E-state index in [2.05, 4.69) is 11.8 Å². The Morgan fingerprint density at radius 3 is 3.12 bits per heavy atom. The van der Waals surface area contributed by atoms with E-state index in [0.717, 1.165) is 30.9 Å². The van der Waals surface area contributed by atoms with Crippen LogP contribution in [0.4, 0.5) is 5.69 Å². The van der Waals surface area contributed by atoms with Crippen LogP contribution in [0.1, 0.15) is 19.8 Å². The fraction of sp³-hybridized carbons (Fsp3) is 0.538. The molecule has 1 atom stereocenters. The molecule has 0 aliphatic carbocycles. The zero-order chi connectivity index (χ0) is 11.4. The Labute approximate surface area is 97.2 Å². The summed E-state index contributed by atoms with van der Waals surface area (Å²) in [5, 5.41) is 0. The predicted molar refractivity (Wildman–Crippen MR) is 66.6 cm³/mol. The summed E-state index contributed by atoms with van der Waals surface area (Å²) in [5.41, 5.74) is 6.48. The van der Waals surface area contributed by atoms with Gasteiger partial charge in [0.05, 0.1) is 0 Å². The summed E-state index contributed by atoms with van der Waals surface area (Å²) in [6.07, 6.45) is 2.66. The van der Waals surface area contributed by atoms with E-state index in [1.807, 2.05) is 24.3 Å². The molecule has 1 saturated heterocycles. The zero-order valence-corrected chi connectivity index (χ0v) is 9.86. The van der Waals surface area contributed by atoms with Crippen molar-refractivity contribution in [3.05, 3.63) is 24.3 Å². The van der Waals surface area contributed by atoms with Crippen molar-refractivity contribution >= 4 is 5.69 Å². The van der Waals surface area contributed by atoms with Crippen LogP contribution in [0.3, 0.4) is 0 Å². The van der Waals surface area contributed by atoms with Gasteiger partial charge in [0, 0.05) is 24.8 Å². The fourth-order valence-electron chi connectivity index (χ4n) is 2.19. The predicted octanol–water partition coefficient (Wildman–Crippen LogP) is 2.13. The summed E-state index contributed by atoms with van der Waals surface area (Å²) >= 11 is 0. The molecule has 0 aromatic heterocycles. The van der Waals surface area contributed by atoms with Crippen LogP contribution in [0.5, 0.6) is 5.75 Å². The highest BCUT2D eigenvalue weighted by atomic mass is 16.5. The molecular formula is C13H20N2O. The molecule has 3 heteroatoms. The maximum Gasteiger partial charge on any atom is 0.121 e. The zero-order valence-electron chi connectivity index (χ0n) is 9.86. The monoisotopic (exact) mass is 220 g/mol. The molecule has 2 N–H and O–H groups in total. The minimum absolute atomic E-state index is 0.327. The van der Waals surface area contributed by atoms with Gasteiger partial charge in [0.2, 0.25) is 0 Å². The lowest BCUT2D eigenvalue weighted by Gasteiger charge is -2.16. The third-order valence-electron chi connectivity index (χ3n) is 2.93. The molecule has 1 heterocycles. The third kappa shape index (κ3) is 2.89. The van der Waals surface area contributed by atoms with Gasteiger partial charge in [0.25, 0.3) is 0 Å². The molecule has 0 saturated carbocycles. The first-order valence-electron chi connectivity index (χ1n) is 6.02. The number of rotatable bonds is 4. The molecule has 3 nitrogen and oxygen atoms in total. The van der Waals surface area contributed by atoms with Gasteiger partial charge in [-0.15, -0.1) is 0 Å². The molecular weight excluding hydrogens is 200 g/mol. The van der Waals surface area contributed by atoms with Crippen molar-refractivity contribution in [2.45, 2.75) is 25.9 Å². The Bertz CT molecular complexity index is 340. The maximum absolute atomic E-state index is 5.91. The Hall–Kier alpha value is -1.22. The molecule has 1 aromatic carbocycles. The molecule has 1 aromatic rings. The van der Waals surface area contributed by atoms with Gasteiger partial charge in [-0.2, -0.15) is 0 Å². The largest absolute Gasteiger partial charge is 0.489 e. The van der Waals surface area contributed by atoms with E-state index < -0.39 is 0 Å². The van der Waals surface area contributed by atoms with Crippen molar-refractivity contribution in [3.8, 4) is 5.75 Å². The van der Waals surface area contributed by atoms with Crippen molar-refractivity contribution in [3.63, 3.8) is 0 Å². The summed E-state index contributed by atoms with van der Waals surface area (Å²) in [6, 6.07) is 7.68. The Kier molecular flexibility index (Phi) is 3.67. The first kappa shape index (κ1) is 11.3. The molecule has 2 rings (SSSR count). The van der Waals surface area contributed by atoms with Crippen LogP contribution in [-0.2, 0) is 0 Å². The lowest BCUT2D eigenvalue weighted by Crippen LogP contribution is -2.25. The highest BCUT2D eigenvalue weighted by Crippen LogP contribution is 2.20. The van der Waals surface area contributed by atoms with Crippen LogP contribution in [0.15, 0.2) is 24.3 Å². The van der Waals surface area contributed by atoms with E-state index in [1.165, 1.54) is 13.0 Å². The van der Waals surface area contributed by atoms with Crippen molar-refractivity contribution in [1.29, 1.82) is 0 Å². The number of nitrogens with zero attached hydrogens (tertiary/aromatic N) is 1. The molecule has 0 spiro atoms. The van der Waals surface area contributed by atoms with Crippen molar-refractivity contribution in [2.24, 2.45) is 0 Å². The van der Waals surface area contributed by atoms with Gasteiger partial charge in [0.1, 0.15) is 11.9 Å². The molecule has 88 valence electrons. The fourth-order valence-corrected chi connectivity index (χ4v) is 2.19. The maximum atomic E-state index is 5.91. The standard InChI is InChI=1S/C13H20N2O/c1-2-7-15-8-6-13(10-15)16-12-5-3-4-11(14)9-12/h3-5,9,13H,2,6-8,10,14H2,1H3. The highest BCUT2D eigenvalue weighted by Gasteiger charge is 2.22. The molecule has 0 radical (unpaired) electrons. The summed E-state index contributed by atoms with van der Waals surface area (Å²) in [5.74, 6) is 0.892. The summed E-state index contributed by atoms with van der Waals surface area (Å²) < 4.78 is 5.91. The van der Waals surface area contributed by atoms with Gasteiger partial charge in [-0.3, -0.25) is 4.90 Å². The van der Waals surface area contributed by atoms with Crippen LogP contribution in [-0.4, -0.2) is 30.6 Å². The van der Waals surface area contributed by atoms with E-state index in [9.17, 15) is 0 Å². The molecule has 1 fully saturated rings. The van der Waals surface area contributed by atoms with E-state index in [4.69, 9.17) is 10.5 Å². The van der Waals surface area contributed by atoms with Crippen molar-refractivity contribution < 1.29 is 4.74 Å². The number of benzene rings is 1. The number of hydrogen-bond donors (Lipinski definition) is 1. The Balaban J connectivity index is 1.87.